The third-order valence-corrected chi connectivity index (χ3v) is 4.44. The standard InChI is InChI=1S/C13H9ClN4S2/c1-8-15-13(20-18-8)11-6-7-12(17-16-11)19-10-4-2-9(14)3-5-10/h2-7H,1H3. The maximum Gasteiger partial charge on any atom is 0.164 e. The summed E-state index contributed by atoms with van der Waals surface area (Å²) in [4.78, 5) is 5.36. The number of benzene rings is 1. The lowest BCUT2D eigenvalue weighted by Crippen LogP contribution is -1.89. The van der Waals surface area contributed by atoms with Crippen molar-refractivity contribution in [1.82, 2.24) is 19.6 Å². The Balaban J connectivity index is 1.77. The van der Waals surface area contributed by atoms with Crippen molar-refractivity contribution in [3.05, 3.63) is 47.2 Å². The summed E-state index contributed by atoms with van der Waals surface area (Å²) in [5, 5.41) is 10.7. The van der Waals surface area contributed by atoms with E-state index in [1.807, 2.05) is 43.3 Å². The SMILES string of the molecule is Cc1nsc(-c2ccc(Sc3ccc(Cl)cc3)nn2)n1. The van der Waals surface area contributed by atoms with E-state index < -0.39 is 0 Å². The first-order chi connectivity index (χ1) is 9.70. The van der Waals surface area contributed by atoms with Crippen molar-refractivity contribution in [2.24, 2.45) is 0 Å². The van der Waals surface area contributed by atoms with Crippen molar-refractivity contribution >= 4 is 34.9 Å². The second-order valence-corrected chi connectivity index (χ2v) is 6.24. The molecule has 0 radical (unpaired) electrons. The lowest BCUT2D eigenvalue weighted by molar-refractivity contribution is 0.933. The highest BCUT2D eigenvalue weighted by molar-refractivity contribution is 7.99. The van der Waals surface area contributed by atoms with Crippen LogP contribution in [0.15, 0.2) is 46.3 Å². The molecule has 0 N–H and O–H groups in total. The van der Waals surface area contributed by atoms with Gasteiger partial charge in [-0.25, -0.2) is 4.98 Å². The fourth-order valence-corrected chi connectivity index (χ4v) is 3.01. The third-order valence-electron chi connectivity index (χ3n) is 2.42. The first-order valence-corrected chi connectivity index (χ1v) is 7.75. The molecule has 1 aromatic carbocycles. The third kappa shape index (κ3) is 3.15. The summed E-state index contributed by atoms with van der Waals surface area (Å²) < 4.78 is 4.14. The van der Waals surface area contributed by atoms with Gasteiger partial charge in [0.05, 0.1) is 0 Å². The van der Waals surface area contributed by atoms with Crippen LogP contribution < -0.4 is 0 Å². The average molecular weight is 321 g/mol. The van der Waals surface area contributed by atoms with Crippen molar-refractivity contribution in [1.29, 1.82) is 0 Å². The van der Waals surface area contributed by atoms with Crippen LogP contribution in [0, 0.1) is 6.92 Å². The molecule has 3 rings (SSSR count). The highest BCUT2D eigenvalue weighted by Crippen LogP contribution is 2.27. The first kappa shape index (κ1) is 13.5. The summed E-state index contributed by atoms with van der Waals surface area (Å²) in [6, 6.07) is 11.5. The Kier molecular flexibility index (Phi) is 3.95. The minimum atomic E-state index is 0.724. The number of aromatic nitrogens is 4. The molecular formula is C13H9ClN4S2. The molecule has 3 aromatic rings. The van der Waals surface area contributed by atoms with Crippen LogP contribution in [0.25, 0.3) is 10.7 Å². The van der Waals surface area contributed by atoms with Crippen LogP contribution in [0.2, 0.25) is 5.02 Å². The van der Waals surface area contributed by atoms with Crippen LogP contribution in [-0.4, -0.2) is 19.6 Å². The van der Waals surface area contributed by atoms with Gasteiger partial charge in [-0.15, -0.1) is 10.2 Å². The number of hydrogen-bond donors (Lipinski definition) is 0. The normalized spacial score (nSPS) is 10.7. The Bertz CT molecular complexity index is 710. The van der Waals surface area contributed by atoms with E-state index in [1.165, 1.54) is 11.5 Å². The van der Waals surface area contributed by atoms with E-state index in [-0.39, 0.29) is 0 Å². The zero-order valence-corrected chi connectivity index (χ0v) is 12.8. The topological polar surface area (TPSA) is 51.6 Å². The van der Waals surface area contributed by atoms with E-state index in [1.54, 1.807) is 11.8 Å². The molecule has 0 amide bonds. The van der Waals surface area contributed by atoms with Crippen molar-refractivity contribution in [3.8, 4) is 10.7 Å². The van der Waals surface area contributed by atoms with E-state index in [2.05, 4.69) is 19.6 Å². The van der Waals surface area contributed by atoms with Gasteiger partial charge in [-0.3, -0.25) is 0 Å². The Morgan fingerprint density at radius 1 is 1.05 bits per heavy atom. The van der Waals surface area contributed by atoms with Gasteiger partial charge in [0.15, 0.2) is 5.01 Å². The van der Waals surface area contributed by atoms with Crippen LogP contribution in [0.4, 0.5) is 0 Å². The number of nitrogens with zero attached hydrogens (tertiary/aromatic N) is 4. The number of halogens is 1. The molecule has 0 aliphatic heterocycles. The van der Waals surface area contributed by atoms with Crippen molar-refractivity contribution in [3.63, 3.8) is 0 Å². The van der Waals surface area contributed by atoms with Crippen LogP contribution in [-0.2, 0) is 0 Å². The van der Waals surface area contributed by atoms with Gasteiger partial charge < -0.3 is 0 Å². The molecule has 0 bridgehead atoms. The van der Waals surface area contributed by atoms with Crippen molar-refractivity contribution < 1.29 is 0 Å². The summed E-state index contributed by atoms with van der Waals surface area (Å²) >= 11 is 8.73. The predicted octanol–water partition coefficient (Wildman–Crippen LogP) is 4.11. The molecule has 0 saturated heterocycles. The molecule has 2 heterocycles. The van der Waals surface area contributed by atoms with Crippen LogP contribution in [0.3, 0.4) is 0 Å². The molecule has 7 heteroatoms. The summed E-state index contributed by atoms with van der Waals surface area (Å²) in [7, 11) is 0. The van der Waals surface area contributed by atoms with Gasteiger partial charge in [0.2, 0.25) is 0 Å². The summed E-state index contributed by atoms with van der Waals surface area (Å²) in [6.45, 7) is 1.86. The molecule has 4 nitrogen and oxygen atoms in total. The van der Waals surface area contributed by atoms with Gasteiger partial charge in [-0.2, -0.15) is 4.37 Å². The molecular weight excluding hydrogens is 312 g/mol. The number of rotatable bonds is 3. The second-order valence-electron chi connectivity index (χ2n) is 3.96. The molecule has 0 atom stereocenters. The maximum absolute atomic E-state index is 5.86. The minimum Gasteiger partial charge on any atom is -0.218 e. The van der Waals surface area contributed by atoms with Crippen molar-refractivity contribution in [2.75, 3.05) is 0 Å². The highest BCUT2D eigenvalue weighted by Gasteiger charge is 2.07. The monoisotopic (exact) mass is 320 g/mol. The van der Waals surface area contributed by atoms with E-state index in [4.69, 9.17) is 11.6 Å². The average Bonchev–Trinajstić information content (AvgIpc) is 2.89. The summed E-state index contributed by atoms with van der Waals surface area (Å²) in [6.07, 6.45) is 0. The van der Waals surface area contributed by atoms with Gasteiger partial charge >= 0.3 is 0 Å². The molecule has 0 unspecified atom stereocenters. The molecule has 0 aliphatic carbocycles. The Labute approximate surface area is 129 Å². The molecule has 0 spiro atoms. The smallest absolute Gasteiger partial charge is 0.164 e. The lowest BCUT2D eigenvalue weighted by Gasteiger charge is -2.00. The Hall–Kier alpha value is -1.50. The van der Waals surface area contributed by atoms with Crippen LogP contribution in [0.1, 0.15) is 5.82 Å². The maximum atomic E-state index is 5.86. The lowest BCUT2D eigenvalue weighted by atomic mass is 10.4. The zero-order valence-electron chi connectivity index (χ0n) is 10.4. The predicted molar refractivity (Wildman–Crippen MR) is 81.2 cm³/mol. The largest absolute Gasteiger partial charge is 0.218 e. The highest BCUT2D eigenvalue weighted by atomic mass is 35.5. The molecule has 2 aromatic heterocycles. The van der Waals surface area contributed by atoms with Crippen molar-refractivity contribution in [2.45, 2.75) is 16.8 Å². The summed E-state index contributed by atoms with van der Waals surface area (Å²) in [5.41, 5.74) is 0.746. The van der Waals surface area contributed by atoms with Gasteiger partial charge in [0.1, 0.15) is 16.5 Å². The zero-order chi connectivity index (χ0) is 13.9. The van der Waals surface area contributed by atoms with Gasteiger partial charge in [-0.05, 0) is 54.9 Å². The second kappa shape index (κ2) is 5.87. The molecule has 100 valence electrons. The van der Waals surface area contributed by atoms with E-state index in [0.29, 0.717) is 0 Å². The Morgan fingerprint density at radius 2 is 1.85 bits per heavy atom. The fourth-order valence-electron chi connectivity index (χ4n) is 1.51. The van der Waals surface area contributed by atoms with E-state index in [0.717, 1.165) is 31.5 Å². The van der Waals surface area contributed by atoms with E-state index >= 15 is 0 Å². The van der Waals surface area contributed by atoms with Gasteiger partial charge in [0, 0.05) is 9.92 Å². The van der Waals surface area contributed by atoms with Crippen LogP contribution >= 0.6 is 34.9 Å². The van der Waals surface area contributed by atoms with Gasteiger partial charge in [-0.1, -0.05) is 23.4 Å². The van der Waals surface area contributed by atoms with Gasteiger partial charge in [0.25, 0.3) is 0 Å². The van der Waals surface area contributed by atoms with Crippen LogP contribution in [0.5, 0.6) is 0 Å². The molecule has 0 aliphatic rings. The fraction of sp³-hybridized carbons (Fsp3) is 0.0769. The molecule has 20 heavy (non-hydrogen) atoms. The minimum absolute atomic E-state index is 0.724. The van der Waals surface area contributed by atoms with E-state index in [9.17, 15) is 0 Å². The molecule has 0 saturated carbocycles. The number of hydrogen-bond acceptors (Lipinski definition) is 6. The quantitative estimate of drug-likeness (QED) is 0.727. The number of aryl methyl sites for hydroxylation is 1. The Morgan fingerprint density at radius 3 is 2.45 bits per heavy atom. The summed E-state index contributed by atoms with van der Waals surface area (Å²) in [5.74, 6) is 0.756. The molecule has 0 fully saturated rings. The first-order valence-electron chi connectivity index (χ1n) is 5.78.